The molecule has 0 radical (unpaired) electrons. The lowest BCUT2D eigenvalue weighted by molar-refractivity contribution is -0.114. The van der Waals surface area contributed by atoms with E-state index in [1.165, 1.54) is 24.3 Å². The van der Waals surface area contributed by atoms with Crippen LogP contribution in [-0.4, -0.2) is 47.0 Å². The van der Waals surface area contributed by atoms with Gasteiger partial charge in [0.15, 0.2) is 0 Å². The smallest absolute Gasteiger partial charge is 0.264 e. The second-order valence-electron chi connectivity index (χ2n) is 7.50. The molecular weight excluding hydrogens is 490 g/mol. The van der Waals surface area contributed by atoms with E-state index in [2.05, 4.69) is 10.6 Å². The lowest BCUT2D eigenvalue weighted by Gasteiger charge is -2.24. The van der Waals surface area contributed by atoms with Crippen molar-refractivity contribution in [1.29, 1.82) is 0 Å². The molecule has 8 nitrogen and oxygen atoms in total. The Kier molecular flexibility index (Phi) is 9.25. The fourth-order valence-electron chi connectivity index (χ4n) is 3.27. The quantitative estimate of drug-likeness (QED) is 0.376. The van der Waals surface area contributed by atoms with Crippen molar-refractivity contribution in [2.75, 3.05) is 36.4 Å². The maximum Gasteiger partial charge on any atom is 0.264 e. The second kappa shape index (κ2) is 12.3. The third-order valence-corrected chi connectivity index (χ3v) is 7.03. The lowest BCUT2D eigenvalue weighted by Crippen LogP contribution is -2.38. The number of para-hydroxylation sites is 1. The summed E-state index contributed by atoms with van der Waals surface area (Å²) in [7, 11) is -2.48. The van der Waals surface area contributed by atoms with Crippen molar-refractivity contribution < 1.29 is 22.7 Å². The fraction of sp³-hybridized carbons (Fsp3) is 0.200. The summed E-state index contributed by atoms with van der Waals surface area (Å²) in [6.45, 7) is 0.409. The molecule has 0 aliphatic rings. The van der Waals surface area contributed by atoms with Crippen molar-refractivity contribution >= 4 is 44.8 Å². The summed E-state index contributed by atoms with van der Waals surface area (Å²) in [5.74, 6) is -0.970. The van der Waals surface area contributed by atoms with Gasteiger partial charge in [-0.15, -0.1) is 0 Å². The van der Waals surface area contributed by atoms with Gasteiger partial charge in [-0.3, -0.25) is 13.9 Å². The molecule has 0 spiro atoms. The molecule has 3 aromatic rings. The lowest BCUT2D eigenvalue weighted by atomic mass is 10.1. The van der Waals surface area contributed by atoms with Gasteiger partial charge in [0.05, 0.1) is 21.8 Å². The molecule has 3 aromatic carbocycles. The van der Waals surface area contributed by atoms with Gasteiger partial charge in [0.2, 0.25) is 5.91 Å². The van der Waals surface area contributed by atoms with Crippen molar-refractivity contribution in [2.45, 2.75) is 11.3 Å². The number of methoxy groups -OCH3 is 1. The monoisotopic (exact) mass is 515 g/mol. The molecule has 0 aliphatic carbocycles. The van der Waals surface area contributed by atoms with Gasteiger partial charge in [-0.2, -0.15) is 0 Å². The number of anilines is 2. The highest BCUT2D eigenvalue weighted by atomic mass is 35.5. The summed E-state index contributed by atoms with van der Waals surface area (Å²) >= 11 is 5.97. The summed E-state index contributed by atoms with van der Waals surface area (Å²) in [5, 5.41) is 5.88. The molecule has 0 saturated carbocycles. The number of hydrogen-bond donors (Lipinski definition) is 2. The highest BCUT2D eigenvalue weighted by Gasteiger charge is 2.27. The van der Waals surface area contributed by atoms with E-state index in [4.69, 9.17) is 16.3 Å². The first kappa shape index (κ1) is 26.2. The van der Waals surface area contributed by atoms with Gasteiger partial charge in [-0.1, -0.05) is 41.9 Å². The zero-order valence-corrected chi connectivity index (χ0v) is 20.7. The fourth-order valence-corrected chi connectivity index (χ4v) is 4.83. The molecule has 184 valence electrons. The van der Waals surface area contributed by atoms with Crippen molar-refractivity contribution in [3.63, 3.8) is 0 Å². The largest absolute Gasteiger partial charge is 0.385 e. The second-order valence-corrected chi connectivity index (χ2v) is 9.80. The maximum absolute atomic E-state index is 13.4. The normalized spacial score (nSPS) is 11.0. The summed E-state index contributed by atoms with van der Waals surface area (Å²) in [6.07, 6.45) is 0.643. The number of carbonyl (C=O) groups excluding carboxylic acids is 2. The van der Waals surface area contributed by atoms with Crippen LogP contribution < -0.4 is 14.9 Å². The third-order valence-electron chi connectivity index (χ3n) is 4.99. The standard InChI is InChI=1S/C25H26ClN3O5S/c1-34-17-7-16-27-25(31)22-10-5-6-11-23(22)28-24(30)18-29(20-14-12-19(26)13-15-20)35(32,33)21-8-3-2-4-9-21/h2-6,8-15H,7,16-18H2,1H3,(H,27,31)(H,28,30). The molecule has 0 bridgehead atoms. The molecule has 2 amide bonds. The SMILES string of the molecule is COCCCNC(=O)c1ccccc1NC(=O)CN(c1ccc(Cl)cc1)S(=O)(=O)c1ccccc1. The molecule has 0 atom stereocenters. The van der Waals surface area contributed by atoms with Crippen LogP contribution in [0.2, 0.25) is 5.02 Å². The number of carbonyl (C=O) groups is 2. The number of hydrogen-bond acceptors (Lipinski definition) is 5. The van der Waals surface area contributed by atoms with Crippen LogP contribution in [0.25, 0.3) is 0 Å². The van der Waals surface area contributed by atoms with Crippen molar-refractivity contribution in [3.8, 4) is 0 Å². The van der Waals surface area contributed by atoms with Gasteiger partial charge in [0.1, 0.15) is 6.54 Å². The predicted molar refractivity (Wildman–Crippen MR) is 136 cm³/mol. The first-order valence-corrected chi connectivity index (χ1v) is 12.6. The first-order valence-electron chi connectivity index (χ1n) is 10.8. The number of benzene rings is 3. The molecule has 10 heteroatoms. The van der Waals surface area contributed by atoms with Crippen LogP contribution >= 0.6 is 11.6 Å². The third kappa shape index (κ3) is 7.05. The Hall–Kier alpha value is -3.40. The summed E-state index contributed by atoms with van der Waals surface area (Å²) in [5.41, 5.74) is 0.815. The average Bonchev–Trinajstić information content (AvgIpc) is 2.86. The Morgan fingerprint density at radius 2 is 1.60 bits per heavy atom. The van der Waals surface area contributed by atoms with Crippen LogP contribution in [0.1, 0.15) is 16.8 Å². The molecular formula is C25H26ClN3O5S. The Balaban J connectivity index is 1.83. The molecule has 0 unspecified atom stereocenters. The van der Waals surface area contributed by atoms with E-state index in [-0.39, 0.29) is 27.7 Å². The van der Waals surface area contributed by atoms with E-state index in [9.17, 15) is 18.0 Å². The molecule has 2 N–H and O–H groups in total. The van der Waals surface area contributed by atoms with Crippen molar-refractivity contribution in [2.24, 2.45) is 0 Å². The summed E-state index contributed by atoms with van der Waals surface area (Å²) < 4.78 is 32.8. The van der Waals surface area contributed by atoms with Crippen molar-refractivity contribution in [1.82, 2.24) is 5.32 Å². The Morgan fingerprint density at radius 3 is 2.29 bits per heavy atom. The first-order chi connectivity index (χ1) is 16.8. The van der Waals surface area contributed by atoms with Crippen molar-refractivity contribution in [3.05, 3.63) is 89.4 Å². The van der Waals surface area contributed by atoms with Crippen LogP contribution in [0.3, 0.4) is 0 Å². The average molecular weight is 516 g/mol. The summed E-state index contributed by atoms with van der Waals surface area (Å²) in [6, 6.07) is 20.5. The van der Waals surface area contributed by atoms with Crippen LogP contribution in [0.4, 0.5) is 11.4 Å². The minimum absolute atomic E-state index is 0.0404. The minimum Gasteiger partial charge on any atom is -0.385 e. The van der Waals surface area contributed by atoms with E-state index < -0.39 is 22.5 Å². The minimum atomic E-state index is -4.06. The summed E-state index contributed by atoms with van der Waals surface area (Å²) in [4.78, 5) is 25.7. The van der Waals surface area contributed by atoms with E-state index in [0.29, 0.717) is 24.6 Å². The van der Waals surface area contributed by atoms with Crippen LogP contribution in [0, 0.1) is 0 Å². The molecule has 0 heterocycles. The van der Waals surface area contributed by atoms with E-state index >= 15 is 0 Å². The Bertz CT molecular complexity index is 1250. The Morgan fingerprint density at radius 1 is 0.943 bits per heavy atom. The number of ether oxygens (including phenoxy) is 1. The number of amides is 2. The highest BCUT2D eigenvalue weighted by Crippen LogP contribution is 2.25. The molecule has 0 aliphatic heterocycles. The molecule has 0 saturated heterocycles. The highest BCUT2D eigenvalue weighted by molar-refractivity contribution is 7.92. The van der Waals surface area contributed by atoms with Gasteiger partial charge in [0, 0.05) is 25.3 Å². The van der Waals surface area contributed by atoms with Gasteiger partial charge in [0.25, 0.3) is 15.9 Å². The van der Waals surface area contributed by atoms with Crippen LogP contribution in [0.5, 0.6) is 0 Å². The number of rotatable bonds is 11. The molecule has 0 aromatic heterocycles. The van der Waals surface area contributed by atoms with Gasteiger partial charge in [-0.25, -0.2) is 8.42 Å². The zero-order valence-electron chi connectivity index (χ0n) is 19.1. The molecule has 3 rings (SSSR count). The van der Waals surface area contributed by atoms with Gasteiger partial charge < -0.3 is 15.4 Å². The topological polar surface area (TPSA) is 105 Å². The zero-order chi connectivity index (χ0) is 25.3. The molecule has 0 fully saturated rings. The van der Waals surface area contributed by atoms with E-state index in [0.717, 1.165) is 4.31 Å². The molecule has 35 heavy (non-hydrogen) atoms. The van der Waals surface area contributed by atoms with Gasteiger partial charge >= 0.3 is 0 Å². The van der Waals surface area contributed by atoms with E-state index in [1.54, 1.807) is 61.7 Å². The van der Waals surface area contributed by atoms with Crippen LogP contribution in [0.15, 0.2) is 83.8 Å². The van der Waals surface area contributed by atoms with Gasteiger partial charge in [-0.05, 0) is 55.0 Å². The Labute approximate surface area is 209 Å². The maximum atomic E-state index is 13.4. The predicted octanol–water partition coefficient (Wildman–Crippen LogP) is 3.94. The number of nitrogens with zero attached hydrogens (tertiary/aromatic N) is 1. The number of nitrogens with one attached hydrogen (secondary N) is 2. The number of sulfonamides is 1. The number of halogens is 1. The van der Waals surface area contributed by atoms with Crippen LogP contribution in [-0.2, 0) is 19.6 Å². The van der Waals surface area contributed by atoms with E-state index in [1.807, 2.05) is 0 Å².